The molecule has 0 saturated heterocycles. The van der Waals surface area contributed by atoms with Crippen molar-refractivity contribution in [3.8, 4) is 0 Å². The van der Waals surface area contributed by atoms with Gasteiger partial charge in [-0.2, -0.15) is 0 Å². The van der Waals surface area contributed by atoms with Crippen molar-refractivity contribution >= 4 is 11.8 Å². The van der Waals surface area contributed by atoms with E-state index in [-0.39, 0.29) is 18.4 Å². The predicted molar refractivity (Wildman–Crippen MR) is 77.8 cm³/mol. The number of hydrogen-bond donors (Lipinski definition) is 3. The number of aromatic nitrogens is 1. The van der Waals surface area contributed by atoms with Gasteiger partial charge in [0.25, 0.3) is 5.91 Å². The zero-order chi connectivity index (χ0) is 15.2. The number of carbonyl (C=O) groups excluding carboxylic acids is 2. The molecule has 2 amide bonds. The van der Waals surface area contributed by atoms with Gasteiger partial charge in [0.15, 0.2) is 0 Å². The number of primary amides is 1. The Balaban J connectivity index is 2.05. The fraction of sp³-hybridized carbons (Fsp3) is 0.500. The molecule has 1 heterocycles. The van der Waals surface area contributed by atoms with Gasteiger partial charge in [-0.15, -0.1) is 0 Å². The minimum Gasteiger partial charge on any atom is -0.369 e. The maximum Gasteiger partial charge on any atom is 0.266 e. The summed E-state index contributed by atoms with van der Waals surface area (Å²) in [5, 5.41) is 0. The number of hydrogen-bond acceptors (Lipinski definition) is 5. The van der Waals surface area contributed by atoms with Gasteiger partial charge in [0.2, 0.25) is 5.91 Å². The Morgan fingerprint density at radius 1 is 1.33 bits per heavy atom. The third-order valence-electron chi connectivity index (χ3n) is 3.78. The smallest absolute Gasteiger partial charge is 0.266 e. The Hall–Kier alpha value is -1.99. The largest absolute Gasteiger partial charge is 0.369 e. The molecule has 1 aromatic heterocycles. The standard InChI is InChI=1S/C14H21N5O2/c15-13(20)9-19(12-3-1-2-4-12)8-11-6-5-10(7-17-11)14(21)18-16/h5-7,12H,1-4,8-9,16H2,(H2,15,20)(H,18,21). The Morgan fingerprint density at radius 3 is 2.57 bits per heavy atom. The van der Waals surface area contributed by atoms with Crippen molar-refractivity contribution in [3.05, 3.63) is 29.6 Å². The zero-order valence-corrected chi connectivity index (χ0v) is 11.9. The lowest BCUT2D eigenvalue weighted by Crippen LogP contribution is -2.39. The van der Waals surface area contributed by atoms with Crippen LogP contribution in [0.2, 0.25) is 0 Å². The first-order valence-electron chi connectivity index (χ1n) is 7.08. The molecule has 7 nitrogen and oxygen atoms in total. The summed E-state index contributed by atoms with van der Waals surface area (Å²) in [5.41, 5.74) is 8.60. The molecule has 0 spiro atoms. The molecular weight excluding hydrogens is 270 g/mol. The lowest BCUT2D eigenvalue weighted by Gasteiger charge is -2.27. The van der Waals surface area contributed by atoms with E-state index in [0.717, 1.165) is 18.5 Å². The third-order valence-corrected chi connectivity index (χ3v) is 3.78. The quantitative estimate of drug-likeness (QED) is 0.385. The van der Waals surface area contributed by atoms with Gasteiger partial charge in [-0.3, -0.25) is 24.9 Å². The minimum absolute atomic E-state index is 0.234. The van der Waals surface area contributed by atoms with E-state index in [1.807, 2.05) is 0 Å². The minimum atomic E-state index is -0.376. The second kappa shape index (κ2) is 7.14. The third kappa shape index (κ3) is 4.24. The van der Waals surface area contributed by atoms with E-state index >= 15 is 0 Å². The lowest BCUT2D eigenvalue weighted by atomic mass is 10.2. The number of nitrogens with zero attached hydrogens (tertiary/aromatic N) is 2. The fourth-order valence-corrected chi connectivity index (χ4v) is 2.73. The Morgan fingerprint density at radius 2 is 2.05 bits per heavy atom. The van der Waals surface area contributed by atoms with Crippen molar-refractivity contribution in [2.75, 3.05) is 6.54 Å². The SMILES string of the molecule is NNC(=O)c1ccc(CN(CC(N)=O)C2CCCC2)nc1. The van der Waals surface area contributed by atoms with Gasteiger partial charge in [0.1, 0.15) is 0 Å². The Bertz CT molecular complexity index is 497. The van der Waals surface area contributed by atoms with Crippen molar-refractivity contribution in [3.63, 3.8) is 0 Å². The number of carbonyl (C=O) groups is 2. The van der Waals surface area contributed by atoms with Crippen molar-refractivity contribution in [1.29, 1.82) is 0 Å². The summed E-state index contributed by atoms with van der Waals surface area (Å²) < 4.78 is 0. The van der Waals surface area contributed by atoms with Crippen LogP contribution in [0.5, 0.6) is 0 Å². The highest BCUT2D eigenvalue weighted by molar-refractivity contribution is 5.93. The van der Waals surface area contributed by atoms with Crippen LogP contribution in [-0.4, -0.2) is 34.3 Å². The molecular formula is C14H21N5O2. The average Bonchev–Trinajstić information content (AvgIpc) is 3.00. The van der Waals surface area contributed by atoms with E-state index in [1.165, 1.54) is 19.0 Å². The summed E-state index contributed by atoms with van der Waals surface area (Å²) in [5.74, 6) is 4.37. The van der Waals surface area contributed by atoms with Crippen molar-refractivity contribution in [1.82, 2.24) is 15.3 Å². The molecule has 0 atom stereocenters. The van der Waals surface area contributed by atoms with Crippen LogP contribution in [0.1, 0.15) is 41.7 Å². The summed E-state index contributed by atoms with van der Waals surface area (Å²) in [6.45, 7) is 0.787. The first kappa shape index (κ1) is 15.4. The van der Waals surface area contributed by atoms with Gasteiger partial charge in [0.05, 0.1) is 17.8 Å². The van der Waals surface area contributed by atoms with E-state index in [9.17, 15) is 9.59 Å². The van der Waals surface area contributed by atoms with Crippen LogP contribution < -0.4 is 17.0 Å². The molecule has 0 radical (unpaired) electrons. The molecule has 1 saturated carbocycles. The summed E-state index contributed by atoms with van der Waals surface area (Å²) in [6, 6.07) is 3.82. The number of amides is 2. The molecule has 1 aliphatic rings. The highest BCUT2D eigenvalue weighted by atomic mass is 16.2. The molecule has 1 aliphatic carbocycles. The molecule has 0 bridgehead atoms. The van der Waals surface area contributed by atoms with Gasteiger partial charge in [0, 0.05) is 18.8 Å². The molecule has 21 heavy (non-hydrogen) atoms. The Labute approximate surface area is 123 Å². The lowest BCUT2D eigenvalue weighted by molar-refractivity contribution is -0.119. The van der Waals surface area contributed by atoms with E-state index in [0.29, 0.717) is 18.2 Å². The van der Waals surface area contributed by atoms with Crippen LogP contribution in [0.4, 0.5) is 0 Å². The highest BCUT2D eigenvalue weighted by Gasteiger charge is 2.24. The topological polar surface area (TPSA) is 114 Å². The highest BCUT2D eigenvalue weighted by Crippen LogP contribution is 2.24. The first-order chi connectivity index (χ1) is 10.1. The predicted octanol–water partition coefficient (Wildman–Crippen LogP) is -0.0850. The molecule has 0 unspecified atom stereocenters. The fourth-order valence-electron chi connectivity index (χ4n) is 2.73. The number of nitrogens with two attached hydrogens (primary N) is 2. The van der Waals surface area contributed by atoms with Gasteiger partial charge in [-0.05, 0) is 25.0 Å². The zero-order valence-electron chi connectivity index (χ0n) is 11.9. The van der Waals surface area contributed by atoms with E-state index < -0.39 is 0 Å². The second-order valence-corrected chi connectivity index (χ2v) is 5.32. The van der Waals surface area contributed by atoms with Crippen LogP contribution in [0.15, 0.2) is 18.3 Å². The monoisotopic (exact) mass is 291 g/mol. The van der Waals surface area contributed by atoms with Gasteiger partial charge in [-0.25, -0.2) is 5.84 Å². The molecule has 0 aromatic carbocycles. The maximum atomic E-state index is 11.4. The summed E-state index contributed by atoms with van der Waals surface area (Å²) >= 11 is 0. The van der Waals surface area contributed by atoms with Crippen LogP contribution in [0.25, 0.3) is 0 Å². The van der Waals surface area contributed by atoms with Crippen LogP contribution in [-0.2, 0) is 11.3 Å². The molecule has 1 aromatic rings. The number of nitrogens with one attached hydrogen (secondary N) is 1. The number of hydrazine groups is 1. The molecule has 1 fully saturated rings. The van der Waals surface area contributed by atoms with E-state index in [2.05, 4.69) is 15.3 Å². The first-order valence-corrected chi connectivity index (χ1v) is 7.08. The molecule has 7 heteroatoms. The van der Waals surface area contributed by atoms with Crippen molar-refractivity contribution in [2.45, 2.75) is 38.3 Å². The van der Waals surface area contributed by atoms with E-state index in [1.54, 1.807) is 12.1 Å². The van der Waals surface area contributed by atoms with Gasteiger partial charge >= 0.3 is 0 Å². The summed E-state index contributed by atoms with van der Waals surface area (Å²) in [7, 11) is 0. The second-order valence-electron chi connectivity index (χ2n) is 5.32. The molecule has 2 rings (SSSR count). The average molecular weight is 291 g/mol. The van der Waals surface area contributed by atoms with Crippen LogP contribution in [0.3, 0.4) is 0 Å². The van der Waals surface area contributed by atoms with E-state index in [4.69, 9.17) is 11.6 Å². The number of rotatable bonds is 6. The van der Waals surface area contributed by atoms with Gasteiger partial charge < -0.3 is 5.73 Å². The normalized spacial score (nSPS) is 15.3. The Kier molecular flexibility index (Phi) is 5.24. The molecule has 114 valence electrons. The van der Waals surface area contributed by atoms with Crippen LogP contribution in [0, 0.1) is 0 Å². The van der Waals surface area contributed by atoms with Gasteiger partial charge in [-0.1, -0.05) is 12.8 Å². The summed E-state index contributed by atoms with van der Waals surface area (Å²) in [6.07, 6.45) is 6.02. The van der Waals surface area contributed by atoms with Crippen molar-refractivity contribution < 1.29 is 9.59 Å². The number of nitrogen functional groups attached to an aromatic ring is 1. The maximum absolute atomic E-state index is 11.4. The number of pyridine rings is 1. The summed E-state index contributed by atoms with van der Waals surface area (Å²) in [4.78, 5) is 28.9. The molecule has 5 N–H and O–H groups in total. The van der Waals surface area contributed by atoms with Crippen LogP contribution >= 0.6 is 0 Å². The van der Waals surface area contributed by atoms with Crippen molar-refractivity contribution in [2.24, 2.45) is 11.6 Å². The molecule has 0 aliphatic heterocycles.